The molecule has 0 aliphatic heterocycles. The maximum atomic E-state index is 6.79. The Kier molecular flexibility index (Phi) is 6.62. The van der Waals surface area contributed by atoms with E-state index in [9.17, 15) is 0 Å². The van der Waals surface area contributed by atoms with Crippen LogP contribution in [-0.2, 0) is 8.23 Å². The lowest BCUT2D eigenvalue weighted by atomic mass is 10.0. The third kappa shape index (κ3) is 4.64. The predicted octanol–water partition coefficient (Wildman–Crippen LogP) is 5.14. The van der Waals surface area contributed by atoms with Gasteiger partial charge in [-0.25, -0.2) is 0 Å². The normalized spacial score (nSPS) is 16.8. The average molecular weight is 380 g/mol. The topological polar surface area (TPSA) is 18.5 Å². The molecule has 0 amide bonds. The van der Waals surface area contributed by atoms with Crippen LogP contribution in [0.4, 0.5) is 0 Å². The number of allylic oxidation sites excluding steroid dienone is 2. The molecule has 0 aromatic heterocycles. The Hall–Kier alpha value is -0.252. The largest absolute Gasteiger partial charge is 0.436 e. The molecule has 1 atom stereocenters. The number of rotatable bonds is 6. The minimum atomic E-state index is -2.45. The third-order valence-electron chi connectivity index (χ3n) is 5.24. The molecule has 0 heterocycles. The van der Waals surface area contributed by atoms with E-state index in [1.165, 1.54) is 21.9 Å². The van der Waals surface area contributed by atoms with Crippen LogP contribution in [0.3, 0.4) is 0 Å². The Balaban J connectivity index is 3.32. The molecular formula is C17H31O2Si4. The van der Waals surface area contributed by atoms with Crippen LogP contribution in [0, 0.1) is 6.92 Å². The van der Waals surface area contributed by atoms with Gasteiger partial charge in [-0.2, -0.15) is 0 Å². The van der Waals surface area contributed by atoms with Crippen LogP contribution in [0.25, 0.3) is 5.57 Å². The molecule has 0 saturated heterocycles. The van der Waals surface area contributed by atoms with Crippen LogP contribution in [0.1, 0.15) is 25.0 Å². The zero-order valence-corrected chi connectivity index (χ0v) is 20.1. The van der Waals surface area contributed by atoms with Crippen molar-refractivity contribution in [1.82, 2.24) is 0 Å². The first-order valence-corrected chi connectivity index (χ1v) is 18.3. The second-order valence-electron chi connectivity index (χ2n) is 7.98. The summed E-state index contributed by atoms with van der Waals surface area (Å²) in [5, 5.41) is 1.25. The lowest BCUT2D eigenvalue weighted by Crippen LogP contribution is -2.61. The van der Waals surface area contributed by atoms with E-state index in [4.69, 9.17) is 8.23 Å². The molecule has 6 heteroatoms. The summed E-state index contributed by atoms with van der Waals surface area (Å²) in [6.07, 6.45) is 0. The van der Waals surface area contributed by atoms with E-state index in [-0.39, 0.29) is 0 Å². The van der Waals surface area contributed by atoms with Crippen LogP contribution in [-0.4, -0.2) is 34.5 Å². The molecule has 127 valence electrons. The van der Waals surface area contributed by atoms with Gasteiger partial charge in [0.1, 0.15) is 0 Å². The monoisotopic (exact) mass is 379 g/mol. The molecule has 0 aliphatic carbocycles. The van der Waals surface area contributed by atoms with Gasteiger partial charge in [0.25, 0.3) is 0 Å². The van der Waals surface area contributed by atoms with Crippen LogP contribution < -0.4 is 0 Å². The van der Waals surface area contributed by atoms with Crippen molar-refractivity contribution in [2.24, 2.45) is 0 Å². The fourth-order valence-electron chi connectivity index (χ4n) is 2.35. The molecule has 1 unspecified atom stereocenters. The van der Waals surface area contributed by atoms with Crippen molar-refractivity contribution >= 4 is 40.0 Å². The Morgan fingerprint density at radius 2 is 1.48 bits per heavy atom. The number of hydrogen-bond acceptors (Lipinski definition) is 2. The van der Waals surface area contributed by atoms with Gasteiger partial charge in [0, 0.05) is 0 Å². The van der Waals surface area contributed by atoms with Gasteiger partial charge in [0.05, 0.1) is 7.59 Å². The average Bonchev–Trinajstić information content (AvgIpc) is 2.44. The van der Waals surface area contributed by atoms with E-state index in [1.54, 1.807) is 0 Å². The Morgan fingerprint density at radius 1 is 0.957 bits per heavy atom. The first-order chi connectivity index (χ1) is 10.4. The molecule has 2 nitrogen and oxygen atoms in total. The van der Waals surface area contributed by atoms with Crippen LogP contribution in [0.15, 0.2) is 29.5 Å². The molecule has 0 aliphatic rings. The minimum Gasteiger partial charge on any atom is -0.436 e. The highest BCUT2D eigenvalue weighted by Crippen LogP contribution is 2.32. The third-order valence-corrected chi connectivity index (χ3v) is 27.5. The van der Waals surface area contributed by atoms with Gasteiger partial charge >= 0.3 is 8.56 Å². The first kappa shape index (κ1) is 20.8. The smallest absolute Gasteiger partial charge is 0.344 e. The molecular weight excluding hydrogens is 349 g/mol. The Labute approximate surface area is 149 Å². The number of hydrogen-bond donors (Lipinski definition) is 0. The summed E-state index contributed by atoms with van der Waals surface area (Å²) in [4.78, 5) is 0. The van der Waals surface area contributed by atoms with Crippen LogP contribution in [0.2, 0.25) is 39.3 Å². The Bertz CT molecular complexity index is 591. The van der Waals surface area contributed by atoms with E-state index in [0.717, 1.165) is 0 Å². The lowest BCUT2D eigenvalue weighted by molar-refractivity contribution is 0.426. The zero-order chi connectivity index (χ0) is 18.1. The summed E-state index contributed by atoms with van der Waals surface area (Å²) < 4.78 is 12.6. The standard InChI is InChI=1S/C17H31O2Si4/c1-14-12-10-11-13-17(14)15(2)16(3)23(9,18-20)19-22(7,8)21(4,5)6/h10-13H,1-9H3. The van der Waals surface area contributed by atoms with E-state index >= 15 is 0 Å². The van der Waals surface area contributed by atoms with Gasteiger partial charge in [0.15, 0.2) is 7.83 Å². The lowest BCUT2D eigenvalue weighted by Gasteiger charge is -2.42. The molecule has 0 fully saturated rings. The minimum absolute atomic E-state index is 1.25. The molecule has 0 saturated carbocycles. The molecule has 0 bridgehead atoms. The van der Waals surface area contributed by atoms with Gasteiger partial charge in [-0.05, 0) is 62.3 Å². The summed E-state index contributed by atoms with van der Waals surface area (Å²) in [6, 6.07) is 8.50. The van der Waals surface area contributed by atoms with Crippen molar-refractivity contribution in [2.45, 2.75) is 60.1 Å². The molecule has 0 N–H and O–H groups in total. The fourth-order valence-corrected chi connectivity index (χ4v) is 14.6. The Morgan fingerprint density at radius 3 is 1.91 bits per heavy atom. The summed E-state index contributed by atoms with van der Waals surface area (Å²) in [6.45, 7) is 20.5. The van der Waals surface area contributed by atoms with Crippen molar-refractivity contribution in [3.8, 4) is 0 Å². The van der Waals surface area contributed by atoms with Crippen molar-refractivity contribution in [1.29, 1.82) is 0 Å². The van der Waals surface area contributed by atoms with E-state index < -0.39 is 24.0 Å². The number of aryl methyl sites for hydroxylation is 1. The van der Waals surface area contributed by atoms with Crippen molar-refractivity contribution in [3.05, 3.63) is 40.6 Å². The molecule has 23 heavy (non-hydrogen) atoms. The molecule has 1 aromatic rings. The second kappa shape index (κ2) is 7.33. The number of benzene rings is 1. The zero-order valence-electron chi connectivity index (χ0n) is 16.1. The van der Waals surface area contributed by atoms with Gasteiger partial charge in [-0.15, -0.1) is 0 Å². The summed E-state index contributed by atoms with van der Waals surface area (Å²) in [5.74, 6) is 0. The molecule has 1 aromatic carbocycles. The molecule has 3 radical (unpaired) electrons. The predicted molar refractivity (Wildman–Crippen MR) is 110 cm³/mol. The molecule has 1 rings (SSSR count). The fraction of sp³-hybridized carbons (Fsp3) is 0.529. The summed E-state index contributed by atoms with van der Waals surface area (Å²) >= 11 is 0. The van der Waals surface area contributed by atoms with Crippen LogP contribution in [0.5, 0.6) is 0 Å². The SMILES string of the molecule is CC(=C(C)[Si](C)(O[Si])O[Si](C)(C)[Si](C)(C)C)c1ccccc1C. The maximum absolute atomic E-state index is 6.79. The van der Waals surface area contributed by atoms with Crippen molar-refractivity contribution in [2.75, 3.05) is 0 Å². The summed E-state index contributed by atoms with van der Waals surface area (Å²) in [7, 11) is -2.23. The van der Waals surface area contributed by atoms with E-state index in [2.05, 4.69) is 94.8 Å². The van der Waals surface area contributed by atoms with E-state index in [0.29, 0.717) is 0 Å². The van der Waals surface area contributed by atoms with Gasteiger partial charge in [-0.3, -0.25) is 0 Å². The maximum Gasteiger partial charge on any atom is 0.344 e. The van der Waals surface area contributed by atoms with Gasteiger partial charge in [-0.1, -0.05) is 43.9 Å². The highest BCUT2D eigenvalue weighted by molar-refractivity contribution is 7.39. The second-order valence-corrected chi connectivity index (χ2v) is 27.9. The molecule has 0 spiro atoms. The van der Waals surface area contributed by atoms with Gasteiger partial charge < -0.3 is 8.23 Å². The van der Waals surface area contributed by atoms with Gasteiger partial charge in [0.2, 0.25) is 10.5 Å². The van der Waals surface area contributed by atoms with Crippen molar-refractivity contribution in [3.63, 3.8) is 0 Å². The van der Waals surface area contributed by atoms with E-state index in [1.807, 2.05) is 0 Å². The highest BCUT2D eigenvalue weighted by atomic mass is 29.3. The van der Waals surface area contributed by atoms with Crippen LogP contribution >= 0.6 is 0 Å². The summed E-state index contributed by atoms with van der Waals surface area (Å²) in [5.41, 5.74) is 3.84. The quantitative estimate of drug-likeness (QED) is 0.637. The first-order valence-electron chi connectivity index (χ1n) is 8.14. The van der Waals surface area contributed by atoms with Crippen molar-refractivity contribution < 1.29 is 8.23 Å². The highest BCUT2D eigenvalue weighted by Gasteiger charge is 2.46.